The van der Waals surface area contributed by atoms with E-state index < -0.39 is 0 Å². The Morgan fingerprint density at radius 3 is 2.33 bits per heavy atom. The first-order chi connectivity index (χ1) is 9.99. The normalized spacial score (nSPS) is 18.0. The van der Waals surface area contributed by atoms with Gasteiger partial charge >= 0.3 is 0 Å². The highest BCUT2D eigenvalue weighted by atomic mass is 35.5. The van der Waals surface area contributed by atoms with Gasteiger partial charge in [-0.3, -0.25) is 9.69 Å². The first-order valence-electron chi connectivity index (χ1n) is 7.75. The van der Waals surface area contributed by atoms with Crippen LogP contribution in [0.5, 0.6) is 0 Å². The number of hydrogen-bond donors (Lipinski definition) is 0. The highest BCUT2D eigenvalue weighted by Crippen LogP contribution is 2.27. The molecule has 1 aromatic carbocycles. The molecule has 1 fully saturated rings. The van der Waals surface area contributed by atoms with Gasteiger partial charge in [-0.25, -0.2) is 0 Å². The Morgan fingerprint density at radius 2 is 1.76 bits per heavy atom. The lowest BCUT2D eigenvalue weighted by Crippen LogP contribution is -2.49. The van der Waals surface area contributed by atoms with Gasteiger partial charge in [0.25, 0.3) is 0 Å². The molecular formula is C17H25ClN2O. The van der Waals surface area contributed by atoms with E-state index in [4.69, 9.17) is 11.6 Å². The third kappa shape index (κ3) is 4.21. The molecule has 116 valence electrons. The molecule has 0 bridgehead atoms. The van der Waals surface area contributed by atoms with Gasteiger partial charge in [-0.15, -0.1) is 0 Å². The average Bonchev–Trinajstić information content (AvgIpc) is 2.46. The van der Waals surface area contributed by atoms with Crippen molar-refractivity contribution >= 4 is 17.5 Å². The quantitative estimate of drug-likeness (QED) is 0.848. The highest BCUT2D eigenvalue weighted by Gasteiger charge is 2.25. The van der Waals surface area contributed by atoms with Gasteiger partial charge in [0.2, 0.25) is 5.91 Å². The molecule has 4 heteroatoms. The lowest BCUT2D eigenvalue weighted by atomic mass is 10.1. The standard InChI is InChI=1S/C17H25ClN2O/c1-13(2)12-17(21)20-10-8-19(9-11-20)14(3)15-6-4-5-7-16(15)18/h4-7,13-14H,8-12H2,1-3H3. The molecule has 0 saturated carbocycles. The van der Waals surface area contributed by atoms with Crippen LogP contribution in [0.3, 0.4) is 0 Å². The number of nitrogens with zero attached hydrogens (tertiary/aromatic N) is 2. The van der Waals surface area contributed by atoms with Crippen LogP contribution in [0.15, 0.2) is 24.3 Å². The number of rotatable bonds is 4. The van der Waals surface area contributed by atoms with E-state index >= 15 is 0 Å². The molecule has 1 aliphatic heterocycles. The first kappa shape index (κ1) is 16.3. The van der Waals surface area contributed by atoms with E-state index in [-0.39, 0.29) is 5.91 Å². The second-order valence-electron chi connectivity index (χ2n) is 6.21. The fourth-order valence-electron chi connectivity index (χ4n) is 2.85. The maximum atomic E-state index is 12.1. The molecule has 0 N–H and O–H groups in total. The fraction of sp³-hybridized carbons (Fsp3) is 0.588. The Bertz CT molecular complexity index is 481. The molecule has 0 spiro atoms. The van der Waals surface area contributed by atoms with Gasteiger partial charge in [0.05, 0.1) is 0 Å². The van der Waals surface area contributed by atoms with Crippen LogP contribution >= 0.6 is 11.6 Å². The van der Waals surface area contributed by atoms with Crippen molar-refractivity contribution in [2.24, 2.45) is 5.92 Å². The smallest absolute Gasteiger partial charge is 0.222 e. The first-order valence-corrected chi connectivity index (χ1v) is 8.13. The summed E-state index contributed by atoms with van der Waals surface area (Å²) >= 11 is 6.28. The van der Waals surface area contributed by atoms with Gasteiger partial charge in [0, 0.05) is 43.7 Å². The van der Waals surface area contributed by atoms with Gasteiger partial charge in [0.15, 0.2) is 0 Å². The second-order valence-corrected chi connectivity index (χ2v) is 6.62. The van der Waals surface area contributed by atoms with Crippen LogP contribution < -0.4 is 0 Å². The summed E-state index contributed by atoms with van der Waals surface area (Å²) in [7, 11) is 0. The molecule has 1 atom stereocenters. The van der Waals surface area contributed by atoms with Crippen LogP contribution in [0, 0.1) is 5.92 Å². The third-order valence-corrected chi connectivity index (χ3v) is 4.50. The minimum Gasteiger partial charge on any atom is -0.340 e. The molecule has 1 heterocycles. The van der Waals surface area contributed by atoms with Crippen LogP contribution in [-0.4, -0.2) is 41.9 Å². The molecule has 1 amide bonds. The number of carbonyl (C=O) groups is 1. The van der Waals surface area contributed by atoms with E-state index in [0.717, 1.165) is 31.2 Å². The summed E-state index contributed by atoms with van der Waals surface area (Å²) < 4.78 is 0. The Hall–Kier alpha value is -1.06. The lowest BCUT2D eigenvalue weighted by molar-refractivity contribution is -0.134. The number of benzene rings is 1. The zero-order valence-corrected chi connectivity index (χ0v) is 13.9. The minimum atomic E-state index is 0.287. The van der Waals surface area contributed by atoms with Gasteiger partial charge in [0.1, 0.15) is 0 Å². The van der Waals surface area contributed by atoms with Crippen molar-refractivity contribution in [2.45, 2.75) is 33.2 Å². The number of amides is 1. The highest BCUT2D eigenvalue weighted by molar-refractivity contribution is 6.31. The van der Waals surface area contributed by atoms with Crippen molar-refractivity contribution in [1.29, 1.82) is 0 Å². The summed E-state index contributed by atoms with van der Waals surface area (Å²) in [6.07, 6.45) is 0.653. The van der Waals surface area contributed by atoms with Crippen molar-refractivity contribution < 1.29 is 4.79 Å². The number of halogens is 1. The minimum absolute atomic E-state index is 0.287. The summed E-state index contributed by atoms with van der Waals surface area (Å²) in [6.45, 7) is 9.83. The Balaban J connectivity index is 1.92. The molecule has 1 aromatic rings. The molecular weight excluding hydrogens is 284 g/mol. The second kappa shape index (κ2) is 7.28. The van der Waals surface area contributed by atoms with Crippen LogP contribution in [0.2, 0.25) is 5.02 Å². The van der Waals surface area contributed by atoms with Crippen molar-refractivity contribution in [3.8, 4) is 0 Å². The van der Waals surface area contributed by atoms with E-state index in [0.29, 0.717) is 18.4 Å². The number of hydrogen-bond acceptors (Lipinski definition) is 2. The molecule has 2 rings (SSSR count). The van der Waals surface area contributed by atoms with Crippen molar-refractivity contribution in [1.82, 2.24) is 9.80 Å². The molecule has 3 nitrogen and oxygen atoms in total. The molecule has 0 aromatic heterocycles. The lowest BCUT2D eigenvalue weighted by Gasteiger charge is -2.38. The molecule has 1 aliphatic rings. The summed E-state index contributed by atoms with van der Waals surface area (Å²) in [5.41, 5.74) is 1.17. The number of carbonyl (C=O) groups excluding carboxylic acids is 1. The Labute approximate surface area is 132 Å². The fourth-order valence-corrected chi connectivity index (χ4v) is 3.14. The topological polar surface area (TPSA) is 23.6 Å². The summed E-state index contributed by atoms with van der Waals surface area (Å²) in [4.78, 5) is 16.5. The van der Waals surface area contributed by atoms with Crippen LogP contribution in [0.4, 0.5) is 0 Å². The van der Waals surface area contributed by atoms with Gasteiger partial charge < -0.3 is 4.90 Å². The Kier molecular flexibility index (Phi) is 5.65. The van der Waals surface area contributed by atoms with E-state index in [1.807, 2.05) is 23.1 Å². The Morgan fingerprint density at radius 1 is 1.14 bits per heavy atom. The molecule has 0 aliphatic carbocycles. The maximum Gasteiger partial charge on any atom is 0.222 e. The van der Waals surface area contributed by atoms with Crippen LogP contribution in [0.1, 0.15) is 38.8 Å². The van der Waals surface area contributed by atoms with Crippen molar-refractivity contribution in [2.75, 3.05) is 26.2 Å². The number of piperazine rings is 1. The van der Waals surface area contributed by atoms with Gasteiger partial charge in [-0.1, -0.05) is 43.6 Å². The van der Waals surface area contributed by atoms with Crippen molar-refractivity contribution in [3.63, 3.8) is 0 Å². The van der Waals surface area contributed by atoms with E-state index in [2.05, 4.69) is 31.7 Å². The molecule has 1 unspecified atom stereocenters. The molecule has 1 saturated heterocycles. The van der Waals surface area contributed by atoms with E-state index in [9.17, 15) is 4.79 Å². The maximum absolute atomic E-state index is 12.1. The summed E-state index contributed by atoms with van der Waals surface area (Å²) in [5, 5.41) is 0.823. The predicted molar refractivity (Wildman–Crippen MR) is 87.5 cm³/mol. The predicted octanol–water partition coefficient (Wildman–Crippen LogP) is 3.59. The van der Waals surface area contributed by atoms with Crippen LogP contribution in [-0.2, 0) is 4.79 Å². The van der Waals surface area contributed by atoms with Crippen molar-refractivity contribution in [3.05, 3.63) is 34.9 Å². The summed E-state index contributed by atoms with van der Waals surface area (Å²) in [5.74, 6) is 0.715. The largest absolute Gasteiger partial charge is 0.340 e. The average molecular weight is 309 g/mol. The third-order valence-electron chi connectivity index (χ3n) is 4.15. The SMILES string of the molecule is CC(C)CC(=O)N1CCN(C(C)c2ccccc2Cl)CC1. The van der Waals surface area contributed by atoms with E-state index in [1.54, 1.807) is 0 Å². The molecule has 21 heavy (non-hydrogen) atoms. The molecule has 0 radical (unpaired) electrons. The van der Waals surface area contributed by atoms with Crippen LogP contribution in [0.25, 0.3) is 0 Å². The van der Waals surface area contributed by atoms with Gasteiger partial charge in [-0.2, -0.15) is 0 Å². The van der Waals surface area contributed by atoms with E-state index in [1.165, 1.54) is 5.56 Å². The zero-order valence-electron chi connectivity index (χ0n) is 13.2. The monoisotopic (exact) mass is 308 g/mol. The van der Waals surface area contributed by atoms with Gasteiger partial charge in [-0.05, 0) is 24.5 Å². The zero-order chi connectivity index (χ0) is 15.4. The summed E-state index contributed by atoms with van der Waals surface area (Å²) in [6, 6.07) is 8.31.